The molecule has 2 rings (SSSR count). The number of rotatable bonds is 11. The second kappa shape index (κ2) is 11.6. The van der Waals surface area contributed by atoms with Gasteiger partial charge in [0, 0.05) is 11.6 Å². The average Bonchev–Trinajstić information content (AvgIpc) is 2.75. The highest BCUT2D eigenvalue weighted by Gasteiger charge is 2.34. The van der Waals surface area contributed by atoms with E-state index in [9.17, 15) is 15.2 Å². The molecule has 0 aliphatic heterocycles. The quantitative estimate of drug-likeness (QED) is 0.499. The molecule has 32 heavy (non-hydrogen) atoms. The molecule has 2 N–H and O–H groups in total. The zero-order chi connectivity index (χ0) is 23.7. The highest BCUT2D eigenvalue weighted by atomic mass is 19.1. The smallest absolute Gasteiger partial charge is 0.229 e. The number of amides is 1. The molecule has 0 bridgehead atoms. The number of benzene rings is 2. The molecular weight excluding hydrogens is 407 g/mol. The topological polar surface area (TPSA) is 82.3 Å². The lowest BCUT2D eigenvalue weighted by atomic mass is 9.89. The third kappa shape index (κ3) is 7.06. The Labute approximate surface area is 190 Å². The van der Waals surface area contributed by atoms with E-state index in [1.54, 1.807) is 30.3 Å². The van der Waals surface area contributed by atoms with E-state index < -0.39 is 29.3 Å². The van der Waals surface area contributed by atoms with Crippen molar-refractivity contribution in [1.29, 1.82) is 5.26 Å². The summed E-state index contributed by atoms with van der Waals surface area (Å²) in [4.78, 5) is 13.1. The molecular formula is C26H33FN2O3. The van der Waals surface area contributed by atoms with Gasteiger partial charge in [0.15, 0.2) is 0 Å². The Bertz CT molecular complexity index is 919. The van der Waals surface area contributed by atoms with E-state index in [4.69, 9.17) is 4.74 Å². The maximum atomic E-state index is 15.0. The van der Waals surface area contributed by atoms with Gasteiger partial charge in [-0.2, -0.15) is 5.26 Å². The summed E-state index contributed by atoms with van der Waals surface area (Å²) < 4.78 is 20.7. The number of nitriles is 1. The Balaban J connectivity index is 2.24. The monoisotopic (exact) mass is 440 g/mol. The van der Waals surface area contributed by atoms with Crippen LogP contribution in [-0.2, 0) is 4.79 Å². The number of nitrogens with one attached hydrogen (secondary N) is 1. The van der Waals surface area contributed by atoms with E-state index in [0.717, 1.165) is 12.8 Å². The predicted molar refractivity (Wildman–Crippen MR) is 123 cm³/mol. The van der Waals surface area contributed by atoms with Crippen LogP contribution >= 0.6 is 0 Å². The zero-order valence-corrected chi connectivity index (χ0v) is 19.3. The number of carbonyl (C=O) groups excluding carboxylic acids is 1. The molecule has 0 saturated heterocycles. The van der Waals surface area contributed by atoms with Crippen LogP contribution in [0.5, 0.6) is 5.75 Å². The summed E-state index contributed by atoms with van der Waals surface area (Å²) in [6.07, 6.45) is 2.05. The average molecular weight is 441 g/mol. The van der Waals surface area contributed by atoms with Crippen LogP contribution in [0.3, 0.4) is 0 Å². The Kier molecular flexibility index (Phi) is 9.22. The molecule has 5 nitrogen and oxygen atoms in total. The molecule has 0 heterocycles. The fourth-order valence-electron chi connectivity index (χ4n) is 3.66. The van der Waals surface area contributed by atoms with Gasteiger partial charge in [0.25, 0.3) is 0 Å². The molecule has 0 aromatic heterocycles. The van der Waals surface area contributed by atoms with E-state index in [-0.39, 0.29) is 12.0 Å². The lowest BCUT2D eigenvalue weighted by molar-refractivity contribution is -0.125. The molecule has 172 valence electrons. The fraction of sp³-hybridized carbons (Fsp3) is 0.462. The van der Waals surface area contributed by atoms with E-state index >= 15 is 4.39 Å². The van der Waals surface area contributed by atoms with Gasteiger partial charge in [-0.3, -0.25) is 4.79 Å². The number of nitrogens with zero attached hydrogens (tertiary/aromatic N) is 1. The second-order valence-electron chi connectivity index (χ2n) is 8.81. The van der Waals surface area contributed by atoms with Crippen LogP contribution in [0, 0.1) is 23.1 Å². The van der Waals surface area contributed by atoms with Crippen molar-refractivity contribution in [1.82, 2.24) is 5.32 Å². The van der Waals surface area contributed by atoms with Crippen LogP contribution in [0.4, 0.5) is 4.39 Å². The first-order valence-corrected chi connectivity index (χ1v) is 11.0. The lowest BCUT2D eigenvalue weighted by Gasteiger charge is -2.32. The number of aliphatic hydroxyl groups is 1. The number of carbonyl (C=O) groups is 1. The maximum Gasteiger partial charge on any atom is 0.229 e. The van der Waals surface area contributed by atoms with E-state index in [1.165, 1.54) is 26.0 Å². The van der Waals surface area contributed by atoms with Gasteiger partial charge in [-0.1, -0.05) is 56.7 Å². The molecule has 0 spiro atoms. The maximum absolute atomic E-state index is 15.0. The second-order valence-corrected chi connectivity index (χ2v) is 8.81. The summed E-state index contributed by atoms with van der Waals surface area (Å²) in [5.74, 6) is -0.979. The minimum Gasteiger partial charge on any atom is -0.493 e. The molecule has 2 aromatic carbocycles. The molecule has 0 fully saturated rings. The van der Waals surface area contributed by atoms with E-state index in [0.29, 0.717) is 23.8 Å². The van der Waals surface area contributed by atoms with Gasteiger partial charge < -0.3 is 15.2 Å². The molecule has 0 aliphatic carbocycles. The van der Waals surface area contributed by atoms with Gasteiger partial charge in [-0.15, -0.1) is 0 Å². The van der Waals surface area contributed by atoms with Crippen LogP contribution in [0.1, 0.15) is 70.0 Å². The Morgan fingerprint density at radius 2 is 1.94 bits per heavy atom. The van der Waals surface area contributed by atoms with E-state index in [1.807, 2.05) is 12.1 Å². The summed E-state index contributed by atoms with van der Waals surface area (Å²) in [6, 6.07) is 14.4. The van der Waals surface area contributed by atoms with Gasteiger partial charge in [-0.25, -0.2) is 4.39 Å². The third-order valence-electron chi connectivity index (χ3n) is 5.41. The molecule has 2 aromatic rings. The minimum atomic E-state index is -1.44. The van der Waals surface area contributed by atoms with Gasteiger partial charge in [-0.05, 0) is 37.8 Å². The van der Waals surface area contributed by atoms with Crippen molar-refractivity contribution >= 4 is 5.91 Å². The molecule has 2 unspecified atom stereocenters. The van der Waals surface area contributed by atoms with Gasteiger partial charge in [0.2, 0.25) is 5.91 Å². The number of hydrogen-bond acceptors (Lipinski definition) is 4. The highest BCUT2D eigenvalue weighted by Crippen LogP contribution is 2.31. The fourth-order valence-corrected chi connectivity index (χ4v) is 3.66. The first-order chi connectivity index (χ1) is 15.2. The van der Waals surface area contributed by atoms with Crippen molar-refractivity contribution in [2.75, 3.05) is 6.61 Å². The van der Waals surface area contributed by atoms with Crippen molar-refractivity contribution in [3.63, 3.8) is 0 Å². The largest absolute Gasteiger partial charge is 0.493 e. The minimum absolute atomic E-state index is 0.0281. The SMILES string of the molecule is CCCC(C)COc1ccc([C@@H](NC(=O)C(CC#N)c2ccccc2)C(C)(C)O)c(F)c1. The molecule has 1 amide bonds. The van der Waals surface area contributed by atoms with Crippen molar-refractivity contribution < 1.29 is 19.0 Å². The molecule has 0 saturated carbocycles. The summed E-state index contributed by atoms with van der Waals surface area (Å²) >= 11 is 0. The molecule has 3 atom stereocenters. The van der Waals surface area contributed by atoms with Gasteiger partial charge in [0.05, 0.1) is 36.7 Å². The number of hydrogen-bond donors (Lipinski definition) is 2. The molecule has 0 radical (unpaired) electrons. The normalized spacial score (nSPS) is 14.2. The first kappa shape index (κ1) is 25.4. The highest BCUT2D eigenvalue weighted by molar-refractivity contribution is 5.84. The first-order valence-electron chi connectivity index (χ1n) is 11.0. The number of ether oxygens (including phenoxy) is 1. The van der Waals surface area contributed by atoms with Crippen molar-refractivity contribution in [2.45, 2.75) is 64.5 Å². The summed E-state index contributed by atoms with van der Waals surface area (Å²) in [5.41, 5.74) is -0.599. The van der Waals surface area contributed by atoms with Crippen LogP contribution < -0.4 is 10.1 Å². The Hall–Kier alpha value is -2.91. The predicted octanol–water partition coefficient (Wildman–Crippen LogP) is 5.27. The summed E-state index contributed by atoms with van der Waals surface area (Å²) in [7, 11) is 0. The van der Waals surface area contributed by atoms with E-state index in [2.05, 4.69) is 19.2 Å². The van der Waals surface area contributed by atoms with Crippen LogP contribution in [0.2, 0.25) is 0 Å². The third-order valence-corrected chi connectivity index (χ3v) is 5.41. The van der Waals surface area contributed by atoms with Crippen LogP contribution in [0.25, 0.3) is 0 Å². The van der Waals surface area contributed by atoms with Gasteiger partial charge in [0.1, 0.15) is 11.6 Å². The van der Waals surface area contributed by atoms with Crippen molar-refractivity contribution in [3.05, 3.63) is 65.5 Å². The summed E-state index contributed by atoms with van der Waals surface area (Å²) in [6.45, 7) is 7.70. The Morgan fingerprint density at radius 3 is 2.50 bits per heavy atom. The molecule has 0 aliphatic rings. The number of halogens is 1. The zero-order valence-electron chi connectivity index (χ0n) is 19.3. The lowest BCUT2D eigenvalue weighted by Crippen LogP contribution is -2.44. The standard InChI is InChI=1S/C26H33FN2O3/c1-5-9-18(2)17-32-20-12-13-22(23(27)16-20)24(26(3,4)31)29-25(30)21(14-15-28)19-10-7-6-8-11-19/h6-8,10-13,16,18,21,24,31H,5,9,14,17H2,1-4H3,(H,29,30)/t18?,21?,24-/m1/s1. The van der Waals surface area contributed by atoms with Crippen molar-refractivity contribution in [3.8, 4) is 11.8 Å². The van der Waals surface area contributed by atoms with Gasteiger partial charge >= 0.3 is 0 Å². The molecule has 6 heteroatoms. The van der Waals surface area contributed by atoms with Crippen LogP contribution in [0.15, 0.2) is 48.5 Å². The van der Waals surface area contributed by atoms with Crippen LogP contribution in [-0.4, -0.2) is 23.2 Å². The van der Waals surface area contributed by atoms with Crippen molar-refractivity contribution in [2.24, 2.45) is 5.92 Å². The summed E-state index contributed by atoms with van der Waals surface area (Å²) in [5, 5.41) is 22.7. The Morgan fingerprint density at radius 1 is 1.25 bits per heavy atom.